The molecule has 5 nitrogen and oxygen atoms in total. The van der Waals surface area contributed by atoms with Crippen LogP contribution in [0.25, 0.3) is 0 Å². The lowest BCUT2D eigenvalue weighted by molar-refractivity contribution is 0.155. The quantitative estimate of drug-likeness (QED) is 0.575. The molecule has 104 valence electrons. The van der Waals surface area contributed by atoms with Gasteiger partial charge in [-0.1, -0.05) is 20.8 Å². The Kier molecular flexibility index (Phi) is 2.71. The van der Waals surface area contributed by atoms with Gasteiger partial charge in [0.2, 0.25) is 0 Å². The van der Waals surface area contributed by atoms with Gasteiger partial charge in [0, 0.05) is 12.1 Å². The number of hydrogen-bond donors (Lipinski definition) is 3. The molecular weight excluding hydrogens is 238 g/mol. The fraction of sp³-hybridized carbons (Fsp3) is 0.714. The van der Waals surface area contributed by atoms with Gasteiger partial charge in [0.15, 0.2) is 0 Å². The maximum absolute atomic E-state index is 5.40. The summed E-state index contributed by atoms with van der Waals surface area (Å²) < 4.78 is 0. The molecule has 0 radical (unpaired) electrons. The summed E-state index contributed by atoms with van der Waals surface area (Å²) >= 11 is 0. The molecule has 2 bridgehead atoms. The van der Waals surface area contributed by atoms with Crippen LogP contribution in [0.4, 0.5) is 11.6 Å². The van der Waals surface area contributed by atoms with E-state index in [1.807, 2.05) is 6.07 Å². The summed E-state index contributed by atoms with van der Waals surface area (Å²) in [7, 11) is 0. The van der Waals surface area contributed by atoms with Crippen molar-refractivity contribution in [2.24, 2.45) is 22.6 Å². The summed E-state index contributed by atoms with van der Waals surface area (Å²) in [4.78, 5) is 8.36. The fourth-order valence-electron chi connectivity index (χ4n) is 4.33. The van der Waals surface area contributed by atoms with Crippen molar-refractivity contribution >= 4 is 11.6 Å². The third-order valence-electron chi connectivity index (χ3n) is 5.38. The molecule has 3 atom stereocenters. The van der Waals surface area contributed by atoms with E-state index >= 15 is 0 Å². The molecule has 0 amide bonds. The monoisotopic (exact) mass is 261 g/mol. The number of hydrogen-bond acceptors (Lipinski definition) is 5. The van der Waals surface area contributed by atoms with Gasteiger partial charge in [-0.05, 0) is 36.0 Å². The van der Waals surface area contributed by atoms with Gasteiger partial charge in [0.05, 0.1) is 0 Å². The highest BCUT2D eigenvalue weighted by atomic mass is 15.3. The van der Waals surface area contributed by atoms with Gasteiger partial charge in [-0.15, -0.1) is 0 Å². The average Bonchev–Trinajstić information content (AvgIpc) is 2.86. The Labute approximate surface area is 114 Å². The van der Waals surface area contributed by atoms with Crippen LogP contribution in [0.2, 0.25) is 0 Å². The minimum absolute atomic E-state index is 0.314. The van der Waals surface area contributed by atoms with E-state index < -0.39 is 0 Å². The van der Waals surface area contributed by atoms with E-state index in [2.05, 4.69) is 41.5 Å². The van der Waals surface area contributed by atoms with Gasteiger partial charge in [-0.25, -0.2) is 15.8 Å². The molecule has 3 unspecified atom stereocenters. The first-order valence-electron chi connectivity index (χ1n) is 7.01. The lowest BCUT2D eigenvalue weighted by Gasteiger charge is -2.43. The molecule has 0 aromatic carbocycles. The maximum Gasteiger partial charge on any atom is 0.145 e. The molecular formula is C14H23N5. The van der Waals surface area contributed by atoms with Crippen LogP contribution in [-0.4, -0.2) is 16.0 Å². The number of nitrogens with zero attached hydrogens (tertiary/aromatic N) is 2. The highest BCUT2D eigenvalue weighted by molar-refractivity contribution is 5.47. The number of aromatic nitrogens is 2. The Hall–Kier alpha value is -1.36. The van der Waals surface area contributed by atoms with Gasteiger partial charge in [-0.2, -0.15) is 0 Å². The normalized spacial score (nSPS) is 35.4. The van der Waals surface area contributed by atoms with Gasteiger partial charge in [0.25, 0.3) is 0 Å². The summed E-state index contributed by atoms with van der Waals surface area (Å²) in [6.45, 7) is 7.16. The molecule has 2 aliphatic carbocycles. The Bertz CT molecular complexity index is 482. The molecule has 2 aliphatic rings. The second kappa shape index (κ2) is 4.07. The number of nitrogen functional groups attached to an aromatic ring is 1. The fourth-order valence-corrected chi connectivity index (χ4v) is 4.33. The number of nitrogens with two attached hydrogens (primary N) is 1. The predicted molar refractivity (Wildman–Crippen MR) is 76.5 cm³/mol. The molecule has 0 saturated heterocycles. The van der Waals surface area contributed by atoms with E-state index in [4.69, 9.17) is 5.84 Å². The van der Waals surface area contributed by atoms with E-state index in [1.54, 1.807) is 6.33 Å². The molecule has 1 aromatic heterocycles. The minimum atomic E-state index is 0.314. The smallest absolute Gasteiger partial charge is 0.145 e. The lowest BCUT2D eigenvalue weighted by Crippen LogP contribution is -2.46. The van der Waals surface area contributed by atoms with E-state index in [1.165, 1.54) is 19.3 Å². The van der Waals surface area contributed by atoms with Crippen LogP contribution in [0.3, 0.4) is 0 Å². The van der Waals surface area contributed by atoms with Crippen LogP contribution in [-0.2, 0) is 0 Å². The minimum Gasteiger partial charge on any atom is -0.366 e. The van der Waals surface area contributed by atoms with Crippen LogP contribution < -0.4 is 16.6 Å². The second-order valence-electron chi connectivity index (χ2n) is 6.93. The van der Waals surface area contributed by atoms with Crippen molar-refractivity contribution in [3.05, 3.63) is 12.4 Å². The molecule has 0 spiro atoms. The first kappa shape index (κ1) is 12.7. The van der Waals surface area contributed by atoms with Crippen molar-refractivity contribution in [3.63, 3.8) is 0 Å². The molecule has 1 heterocycles. The summed E-state index contributed by atoms with van der Waals surface area (Å²) in [5, 5.41) is 3.63. The SMILES string of the molecule is CC12CCC(C1)C(C)(C)C2Nc1cc(NN)ncn1. The molecule has 2 fully saturated rings. The maximum atomic E-state index is 5.40. The lowest BCUT2D eigenvalue weighted by atomic mass is 9.68. The standard InChI is InChI=1S/C14H23N5/c1-13(2)9-4-5-14(3,7-9)12(13)18-10-6-11(19-15)17-8-16-10/h6,8-9,12H,4-5,7,15H2,1-3H3,(H2,16,17,18,19). The average molecular weight is 261 g/mol. The summed E-state index contributed by atoms with van der Waals surface area (Å²) in [6, 6.07) is 2.32. The van der Waals surface area contributed by atoms with Crippen molar-refractivity contribution in [1.82, 2.24) is 9.97 Å². The van der Waals surface area contributed by atoms with Crippen LogP contribution in [0.1, 0.15) is 40.0 Å². The van der Waals surface area contributed by atoms with Gasteiger partial charge >= 0.3 is 0 Å². The summed E-state index contributed by atoms with van der Waals surface area (Å²) in [6.07, 6.45) is 5.54. The molecule has 4 N–H and O–H groups in total. The number of hydrazine groups is 1. The molecule has 19 heavy (non-hydrogen) atoms. The first-order valence-corrected chi connectivity index (χ1v) is 7.01. The summed E-state index contributed by atoms with van der Waals surface area (Å²) in [5.41, 5.74) is 3.26. The highest BCUT2D eigenvalue weighted by Gasteiger charge is 2.59. The van der Waals surface area contributed by atoms with E-state index in [0.29, 0.717) is 22.7 Å². The van der Waals surface area contributed by atoms with E-state index in [9.17, 15) is 0 Å². The van der Waals surface area contributed by atoms with Gasteiger partial charge in [-0.3, -0.25) is 0 Å². The van der Waals surface area contributed by atoms with Crippen molar-refractivity contribution in [1.29, 1.82) is 0 Å². The van der Waals surface area contributed by atoms with Gasteiger partial charge < -0.3 is 10.7 Å². The van der Waals surface area contributed by atoms with E-state index in [-0.39, 0.29) is 0 Å². The molecule has 3 rings (SSSR count). The third kappa shape index (κ3) is 1.87. The number of rotatable bonds is 3. The molecule has 1 aromatic rings. The van der Waals surface area contributed by atoms with Crippen molar-refractivity contribution in [3.8, 4) is 0 Å². The Morgan fingerprint density at radius 3 is 2.63 bits per heavy atom. The second-order valence-corrected chi connectivity index (χ2v) is 6.93. The van der Waals surface area contributed by atoms with Crippen molar-refractivity contribution in [2.45, 2.75) is 46.1 Å². The van der Waals surface area contributed by atoms with Gasteiger partial charge in [0.1, 0.15) is 18.0 Å². The Balaban J connectivity index is 1.86. The molecule has 5 heteroatoms. The Morgan fingerprint density at radius 2 is 2.00 bits per heavy atom. The number of anilines is 2. The summed E-state index contributed by atoms with van der Waals surface area (Å²) in [5.74, 6) is 7.72. The molecule has 2 saturated carbocycles. The van der Waals surface area contributed by atoms with Crippen LogP contribution >= 0.6 is 0 Å². The number of fused-ring (bicyclic) bond motifs is 2. The van der Waals surface area contributed by atoms with Crippen molar-refractivity contribution < 1.29 is 0 Å². The zero-order valence-electron chi connectivity index (χ0n) is 11.9. The Morgan fingerprint density at radius 1 is 1.26 bits per heavy atom. The predicted octanol–water partition coefficient (Wildman–Crippen LogP) is 2.39. The zero-order valence-corrected chi connectivity index (χ0v) is 11.9. The van der Waals surface area contributed by atoms with E-state index in [0.717, 1.165) is 11.7 Å². The topological polar surface area (TPSA) is 75.9 Å². The van der Waals surface area contributed by atoms with Crippen molar-refractivity contribution in [2.75, 3.05) is 10.7 Å². The van der Waals surface area contributed by atoms with Crippen LogP contribution in [0, 0.1) is 16.7 Å². The first-order chi connectivity index (χ1) is 8.95. The number of nitrogens with one attached hydrogen (secondary N) is 2. The third-order valence-corrected chi connectivity index (χ3v) is 5.38. The zero-order chi connectivity index (χ0) is 13.7. The largest absolute Gasteiger partial charge is 0.366 e. The highest BCUT2D eigenvalue weighted by Crippen LogP contribution is 2.63. The van der Waals surface area contributed by atoms with Crippen LogP contribution in [0.15, 0.2) is 12.4 Å². The molecule has 0 aliphatic heterocycles. The van der Waals surface area contributed by atoms with Crippen LogP contribution in [0.5, 0.6) is 0 Å².